The fourth-order valence-corrected chi connectivity index (χ4v) is 3.86. The second-order valence-electron chi connectivity index (χ2n) is 7.20. The number of carboxylic acid groups (broad SMARTS) is 1. The van der Waals surface area contributed by atoms with Crippen molar-refractivity contribution in [2.75, 3.05) is 23.3 Å². The van der Waals surface area contributed by atoms with Gasteiger partial charge in [0.15, 0.2) is 0 Å². The van der Waals surface area contributed by atoms with E-state index in [1.165, 1.54) is 6.42 Å². The van der Waals surface area contributed by atoms with E-state index in [0.717, 1.165) is 50.9 Å². The molecule has 1 saturated carbocycles. The summed E-state index contributed by atoms with van der Waals surface area (Å²) >= 11 is 0. The Balaban J connectivity index is 1.79. The lowest BCUT2D eigenvalue weighted by Gasteiger charge is -2.33. The Hall–Kier alpha value is -2.04. The number of rotatable bonds is 4. The monoisotopic (exact) mass is 330 g/mol. The molecule has 2 fully saturated rings. The SMILES string of the molecule is CC1CCCN(c2ccc(NC(=O)C3CCCC3)c(C(=O)O)c2)C1. The summed E-state index contributed by atoms with van der Waals surface area (Å²) in [6, 6.07) is 5.37. The van der Waals surface area contributed by atoms with Gasteiger partial charge in [-0.25, -0.2) is 4.79 Å². The van der Waals surface area contributed by atoms with E-state index >= 15 is 0 Å². The summed E-state index contributed by atoms with van der Waals surface area (Å²) in [5.74, 6) is -0.402. The molecule has 1 aliphatic carbocycles. The Kier molecular flexibility index (Phi) is 5.07. The van der Waals surface area contributed by atoms with Crippen molar-refractivity contribution in [1.29, 1.82) is 0 Å². The lowest BCUT2D eigenvalue weighted by atomic mass is 9.99. The van der Waals surface area contributed by atoms with Crippen LogP contribution in [0.2, 0.25) is 0 Å². The molecule has 0 radical (unpaired) electrons. The minimum Gasteiger partial charge on any atom is -0.478 e. The van der Waals surface area contributed by atoms with E-state index in [4.69, 9.17) is 0 Å². The van der Waals surface area contributed by atoms with E-state index in [0.29, 0.717) is 11.6 Å². The van der Waals surface area contributed by atoms with Crippen LogP contribution in [0.25, 0.3) is 0 Å². The van der Waals surface area contributed by atoms with Crippen molar-refractivity contribution in [2.24, 2.45) is 11.8 Å². The first-order valence-corrected chi connectivity index (χ1v) is 8.97. The minimum atomic E-state index is -0.997. The summed E-state index contributed by atoms with van der Waals surface area (Å²) < 4.78 is 0. The highest BCUT2D eigenvalue weighted by atomic mass is 16.4. The number of hydrogen-bond donors (Lipinski definition) is 2. The maximum absolute atomic E-state index is 12.3. The summed E-state index contributed by atoms with van der Waals surface area (Å²) in [4.78, 5) is 26.2. The van der Waals surface area contributed by atoms with Gasteiger partial charge in [-0.15, -0.1) is 0 Å². The van der Waals surface area contributed by atoms with Crippen molar-refractivity contribution in [3.63, 3.8) is 0 Å². The van der Waals surface area contributed by atoms with Crippen LogP contribution in [0, 0.1) is 11.8 Å². The fraction of sp³-hybridized carbons (Fsp3) is 0.579. The highest BCUT2D eigenvalue weighted by molar-refractivity contribution is 6.02. The molecule has 0 bridgehead atoms. The van der Waals surface area contributed by atoms with Gasteiger partial charge in [0, 0.05) is 24.7 Å². The molecule has 24 heavy (non-hydrogen) atoms. The summed E-state index contributed by atoms with van der Waals surface area (Å²) in [7, 11) is 0. The Bertz CT molecular complexity index is 623. The maximum Gasteiger partial charge on any atom is 0.337 e. The molecule has 1 heterocycles. The Morgan fingerprint density at radius 3 is 2.58 bits per heavy atom. The topological polar surface area (TPSA) is 69.6 Å². The molecule has 2 aliphatic rings. The number of nitrogens with zero attached hydrogens (tertiary/aromatic N) is 1. The number of anilines is 2. The van der Waals surface area contributed by atoms with Gasteiger partial charge in [-0.2, -0.15) is 0 Å². The van der Waals surface area contributed by atoms with Crippen LogP contribution in [0.1, 0.15) is 55.8 Å². The number of nitrogens with one attached hydrogen (secondary N) is 1. The Labute approximate surface area is 143 Å². The molecule has 1 unspecified atom stereocenters. The van der Waals surface area contributed by atoms with Crippen molar-refractivity contribution in [2.45, 2.75) is 45.4 Å². The molecule has 1 aromatic carbocycles. The van der Waals surface area contributed by atoms with E-state index in [-0.39, 0.29) is 17.4 Å². The first-order chi connectivity index (χ1) is 11.5. The number of carbonyl (C=O) groups is 2. The molecular weight excluding hydrogens is 304 g/mol. The number of amides is 1. The van der Waals surface area contributed by atoms with Gasteiger partial charge >= 0.3 is 5.97 Å². The van der Waals surface area contributed by atoms with Crippen LogP contribution >= 0.6 is 0 Å². The fourth-order valence-electron chi connectivity index (χ4n) is 3.86. The molecule has 5 heteroatoms. The zero-order valence-electron chi connectivity index (χ0n) is 14.3. The average molecular weight is 330 g/mol. The summed E-state index contributed by atoms with van der Waals surface area (Å²) in [5, 5.41) is 12.4. The molecule has 2 N–H and O–H groups in total. The summed E-state index contributed by atoms with van der Waals surface area (Å²) in [6.07, 6.45) is 6.31. The summed E-state index contributed by atoms with van der Waals surface area (Å²) in [6.45, 7) is 4.13. The molecule has 1 atom stereocenters. The van der Waals surface area contributed by atoms with Crippen LogP contribution in [0.15, 0.2) is 18.2 Å². The van der Waals surface area contributed by atoms with Crippen LogP contribution in [-0.4, -0.2) is 30.1 Å². The first-order valence-electron chi connectivity index (χ1n) is 8.97. The quantitative estimate of drug-likeness (QED) is 0.882. The minimum absolute atomic E-state index is 0.0225. The van der Waals surface area contributed by atoms with Crippen molar-refractivity contribution in [3.05, 3.63) is 23.8 Å². The number of carboxylic acids is 1. The molecular formula is C19H26N2O3. The van der Waals surface area contributed by atoms with Gasteiger partial charge in [0.05, 0.1) is 11.3 Å². The molecule has 1 amide bonds. The van der Waals surface area contributed by atoms with Crippen LogP contribution in [-0.2, 0) is 4.79 Å². The number of carbonyl (C=O) groups excluding carboxylic acids is 1. The van der Waals surface area contributed by atoms with E-state index in [1.54, 1.807) is 12.1 Å². The Morgan fingerprint density at radius 2 is 1.92 bits per heavy atom. The van der Waals surface area contributed by atoms with Crippen molar-refractivity contribution >= 4 is 23.3 Å². The van der Waals surface area contributed by atoms with Crippen LogP contribution in [0.3, 0.4) is 0 Å². The molecule has 0 aromatic heterocycles. The second-order valence-corrected chi connectivity index (χ2v) is 7.20. The molecule has 1 aromatic rings. The number of aromatic carboxylic acids is 1. The highest BCUT2D eigenvalue weighted by Gasteiger charge is 2.25. The second kappa shape index (κ2) is 7.24. The van der Waals surface area contributed by atoms with E-state index in [1.807, 2.05) is 6.07 Å². The largest absolute Gasteiger partial charge is 0.478 e. The summed E-state index contributed by atoms with van der Waals surface area (Å²) in [5.41, 5.74) is 1.52. The standard InChI is InChI=1S/C19H26N2O3/c1-13-5-4-10-21(12-13)15-8-9-17(16(11-15)19(23)24)20-18(22)14-6-2-3-7-14/h8-9,11,13-14H,2-7,10,12H2,1H3,(H,20,22)(H,23,24). The predicted octanol–water partition coefficient (Wildman–Crippen LogP) is 3.75. The van der Waals surface area contributed by atoms with E-state index < -0.39 is 5.97 Å². The predicted molar refractivity (Wildman–Crippen MR) is 94.6 cm³/mol. The van der Waals surface area contributed by atoms with Gasteiger partial charge in [-0.1, -0.05) is 19.8 Å². The average Bonchev–Trinajstić information content (AvgIpc) is 3.09. The number of hydrogen-bond acceptors (Lipinski definition) is 3. The lowest BCUT2D eigenvalue weighted by Crippen LogP contribution is -2.34. The van der Waals surface area contributed by atoms with Gasteiger partial charge in [-0.05, 0) is 49.8 Å². The van der Waals surface area contributed by atoms with Gasteiger partial charge in [0.25, 0.3) is 0 Å². The molecule has 5 nitrogen and oxygen atoms in total. The van der Waals surface area contributed by atoms with Crippen LogP contribution < -0.4 is 10.2 Å². The lowest BCUT2D eigenvalue weighted by molar-refractivity contribution is -0.119. The molecule has 130 valence electrons. The van der Waals surface area contributed by atoms with Crippen molar-refractivity contribution in [1.82, 2.24) is 0 Å². The highest BCUT2D eigenvalue weighted by Crippen LogP contribution is 2.30. The number of piperidine rings is 1. The third-order valence-electron chi connectivity index (χ3n) is 5.24. The Morgan fingerprint density at radius 1 is 1.17 bits per heavy atom. The smallest absolute Gasteiger partial charge is 0.337 e. The van der Waals surface area contributed by atoms with Gasteiger partial charge in [0.2, 0.25) is 5.91 Å². The third-order valence-corrected chi connectivity index (χ3v) is 5.24. The molecule has 3 rings (SSSR count). The van der Waals surface area contributed by atoms with Gasteiger partial charge in [-0.3, -0.25) is 4.79 Å². The van der Waals surface area contributed by atoms with E-state index in [2.05, 4.69) is 17.1 Å². The van der Waals surface area contributed by atoms with Gasteiger partial charge in [0.1, 0.15) is 0 Å². The van der Waals surface area contributed by atoms with E-state index in [9.17, 15) is 14.7 Å². The molecule has 0 spiro atoms. The van der Waals surface area contributed by atoms with Crippen LogP contribution in [0.4, 0.5) is 11.4 Å². The van der Waals surface area contributed by atoms with Crippen LogP contribution in [0.5, 0.6) is 0 Å². The molecule has 1 saturated heterocycles. The first kappa shape index (κ1) is 16.8. The zero-order valence-corrected chi connectivity index (χ0v) is 14.3. The maximum atomic E-state index is 12.3. The van der Waals surface area contributed by atoms with Gasteiger partial charge < -0.3 is 15.3 Å². The normalized spacial score (nSPS) is 21.7. The van der Waals surface area contributed by atoms with Crippen molar-refractivity contribution in [3.8, 4) is 0 Å². The molecule has 1 aliphatic heterocycles. The third kappa shape index (κ3) is 3.71. The zero-order chi connectivity index (χ0) is 17.1. The van der Waals surface area contributed by atoms with Crippen molar-refractivity contribution < 1.29 is 14.7 Å². The number of benzene rings is 1.